The standard InChI is InChI=1S/C19H15FN6O/c20-15-4-2-1-3-14(15)19-24-23-17-10-9-16(25-26(17)19)22-11-12-5-7-13(8-6-12)18(21)27/h1-10H,11H2,(H2,21,27)(H,22,25). The number of halogens is 1. The molecule has 1 amide bonds. The molecule has 0 aliphatic rings. The first kappa shape index (κ1) is 16.6. The van der Waals surface area contributed by atoms with Crippen LogP contribution in [0.25, 0.3) is 17.0 Å². The fourth-order valence-corrected chi connectivity index (χ4v) is 2.67. The van der Waals surface area contributed by atoms with Crippen LogP contribution < -0.4 is 11.1 Å². The summed E-state index contributed by atoms with van der Waals surface area (Å²) in [5.41, 5.74) is 7.50. The number of nitrogens with zero attached hydrogens (tertiary/aromatic N) is 4. The maximum absolute atomic E-state index is 14.1. The average Bonchev–Trinajstić information content (AvgIpc) is 3.10. The van der Waals surface area contributed by atoms with Crippen LogP contribution in [-0.4, -0.2) is 25.7 Å². The molecule has 0 aliphatic heterocycles. The van der Waals surface area contributed by atoms with Crippen molar-refractivity contribution >= 4 is 17.4 Å². The second-order valence-corrected chi connectivity index (χ2v) is 5.91. The van der Waals surface area contributed by atoms with Gasteiger partial charge < -0.3 is 11.1 Å². The Labute approximate surface area is 153 Å². The largest absolute Gasteiger partial charge is 0.366 e. The monoisotopic (exact) mass is 362 g/mol. The van der Waals surface area contributed by atoms with E-state index < -0.39 is 5.91 Å². The van der Waals surface area contributed by atoms with Crippen molar-refractivity contribution in [2.75, 3.05) is 5.32 Å². The van der Waals surface area contributed by atoms with Crippen molar-refractivity contribution in [3.63, 3.8) is 0 Å². The van der Waals surface area contributed by atoms with Crippen LogP contribution >= 0.6 is 0 Å². The van der Waals surface area contributed by atoms with E-state index in [0.29, 0.717) is 35.0 Å². The zero-order valence-electron chi connectivity index (χ0n) is 14.1. The topological polar surface area (TPSA) is 98.2 Å². The number of benzene rings is 2. The molecule has 4 aromatic rings. The lowest BCUT2D eigenvalue weighted by atomic mass is 10.1. The maximum Gasteiger partial charge on any atom is 0.248 e. The summed E-state index contributed by atoms with van der Waals surface area (Å²) >= 11 is 0. The van der Waals surface area contributed by atoms with Gasteiger partial charge in [-0.1, -0.05) is 24.3 Å². The predicted molar refractivity (Wildman–Crippen MR) is 98.5 cm³/mol. The number of anilines is 1. The molecule has 0 aliphatic carbocycles. The van der Waals surface area contributed by atoms with Crippen LogP contribution in [0, 0.1) is 5.82 Å². The van der Waals surface area contributed by atoms with Crippen LogP contribution in [0.2, 0.25) is 0 Å². The average molecular weight is 362 g/mol. The first-order chi connectivity index (χ1) is 13.1. The number of hydrogen-bond donors (Lipinski definition) is 2. The highest BCUT2D eigenvalue weighted by molar-refractivity contribution is 5.92. The highest BCUT2D eigenvalue weighted by Crippen LogP contribution is 2.21. The first-order valence-corrected chi connectivity index (χ1v) is 8.22. The van der Waals surface area contributed by atoms with Gasteiger partial charge >= 0.3 is 0 Å². The van der Waals surface area contributed by atoms with E-state index in [9.17, 15) is 9.18 Å². The third kappa shape index (κ3) is 3.32. The Bertz CT molecular complexity index is 1120. The van der Waals surface area contributed by atoms with E-state index in [0.717, 1.165) is 5.56 Å². The molecule has 2 aromatic carbocycles. The molecule has 0 radical (unpaired) electrons. The van der Waals surface area contributed by atoms with Crippen LogP contribution in [0.15, 0.2) is 60.7 Å². The van der Waals surface area contributed by atoms with E-state index in [1.54, 1.807) is 42.5 Å². The maximum atomic E-state index is 14.1. The van der Waals surface area contributed by atoms with Gasteiger partial charge in [0.1, 0.15) is 11.6 Å². The summed E-state index contributed by atoms with van der Waals surface area (Å²) in [7, 11) is 0. The third-order valence-electron chi connectivity index (χ3n) is 4.09. The number of aromatic nitrogens is 4. The molecule has 0 spiro atoms. The van der Waals surface area contributed by atoms with Gasteiger partial charge in [-0.15, -0.1) is 15.3 Å². The molecule has 0 saturated heterocycles. The van der Waals surface area contributed by atoms with E-state index in [2.05, 4.69) is 20.6 Å². The molecular formula is C19H15FN6O. The van der Waals surface area contributed by atoms with Gasteiger partial charge in [0.15, 0.2) is 11.5 Å². The fraction of sp³-hybridized carbons (Fsp3) is 0.0526. The van der Waals surface area contributed by atoms with Gasteiger partial charge in [-0.2, -0.15) is 4.52 Å². The number of hydrogen-bond acceptors (Lipinski definition) is 5. The number of carbonyl (C=O) groups is 1. The lowest BCUT2D eigenvalue weighted by Gasteiger charge is -2.07. The van der Waals surface area contributed by atoms with Gasteiger partial charge in [0.25, 0.3) is 0 Å². The Hall–Kier alpha value is -3.81. The summed E-state index contributed by atoms with van der Waals surface area (Å²) in [4.78, 5) is 11.1. The normalized spacial score (nSPS) is 10.9. The Morgan fingerprint density at radius 2 is 1.81 bits per heavy atom. The van der Waals surface area contributed by atoms with E-state index in [-0.39, 0.29) is 5.82 Å². The van der Waals surface area contributed by atoms with Gasteiger partial charge in [0.2, 0.25) is 5.91 Å². The van der Waals surface area contributed by atoms with Crippen molar-refractivity contribution in [1.29, 1.82) is 0 Å². The molecule has 8 heteroatoms. The van der Waals surface area contributed by atoms with E-state index in [1.165, 1.54) is 10.6 Å². The molecule has 134 valence electrons. The SMILES string of the molecule is NC(=O)c1ccc(CNc2ccc3nnc(-c4ccccc4F)n3n2)cc1. The molecule has 0 unspecified atom stereocenters. The minimum atomic E-state index is -0.463. The predicted octanol–water partition coefficient (Wildman–Crippen LogP) is 2.64. The van der Waals surface area contributed by atoms with Crippen LogP contribution in [0.1, 0.15) is 15.9 Å². The van der Waals surface area contributed by atoms with Crippen molar-refractivity contribution in [2.45, 2.75) is 6.54 Å². The van der Waals surface area contributed by atoms with Crippen molar-refractivity contribution < 1.29 is 9.18 Å². The molecule has 7 nitrogen and oxygen atoms in total. The molecule has 0 fully saturated rings. The minimum Gasteiger partial charge on any atom is -0.366 e. The minimum absolute atomic E-state index is 0.330. The van der Waals surface area contributed by atoms with E-state index in [4.69, 9.17) is 5.73 Å². The number of nitrogens with one attached hydrogen (secondary N) is 1. The molecule has 2 aromatic heterocycles. The third-order valence-corrected chi connectivity index (χ3v) is 4.09. The molecule has 0 atom stereocenters. The number of nitrogens with two attached hydrogens (primary N) is 1. The Kier molecular flexibility index (Phi) is 4.21. The fourth-order valence-electron chi connectivity index (χ4n) is 2.67. The Morgan fingerprint density at radius 1 is 1.04 bits per heavy atom. The zero-order valence-corrected chi connectivity index (χ0v) is 14.1. The van der Waals surface area contributed by atoms with Crippen molar-refractivity contribution in [3.05, 3.63) is 77.6 Å². The zero-order chi connectivity index (χ0) is 18.8. The lowest BCUT2D eigenvalue weighted by Crippen LogP contribution is -2.11. The van der Waals surface area contributed by atoms with Gasteiger partial charge in [0.05, 0.1) is 5.56 Å². The summed E-state index contributed by atoms with van der Waals surface area (Å²) in [5, 5.41) is 15.7. The van der Waals surface area contributed by atoms with E-state index >= 15 is 0 Å². The molecule has 4 rings (SSSR count). The number of rotatable bonds is 5. The van der Waals surface area contributed by atoms with E-state index in [1.807, 2.05) is 12.1 Å². The molecule has 0 bridgehead atoms. The highest BCUT2D eigenvalue weighted by Gasteiger charge is 2.13. The molecular weight excluding hydrogens is 347 g/mol. The quantitative estimate of drug-likeness (QED) is 0.569. The van der Waals surface area contributed by atoms with Crippen LogP contribution in [0.3, 0.4) is 0 Å². The molecule has 3 N–H and O–H groups in total. The van der Waals surface area contributed by atoms with Gasteiger partial charge in [-0.25, -0.2) is 4.39 Å². The lowest BCUT2D eigenvalue weighted by molar-refractivity contribution is 0.100. The Morgan fingerprint density at radius 3 is 2.56 bits per heavy atom. The summed E-state index contributed by atoms with van der Waals surface area (Å²) in [6.07, 6.45) is 0. The smallest absolute Gasteiger partial charge is 0.248 e. The number of amides is 1. The van der Waals surface area contributed by atoms with Crippen molar-refractivity contribution in [2.24, 2.45) is 5.73 Å². The van der Waals surface area contributed by atoms with Crippen LogP contribution in [0.5, 0.6) is 0 Å². The summed E-state index contributed by atoms with van der Waals surface area (Å²) in [6.45, 7) is 0.495. The second-order valence-electron chi connectivity index (χ2n) is 5.91. The molecule has 2 heterocycles. The van der Waals surface area contributed by atoms with Crippen molar-refractivity contribution in [1.82, 2.24) is 19.8 Å². The van der Waals surface area contributed by atoms with Crippen molar-refractivity contribution in [3.8, 4) is 11.4 Å². The Balaban J connectivity index is 1.59. The number of fused-ring (bicyclic) bond motifs is 1. The molecule has 0 saturated carbocycles. The highest BCUT2D eigenvalue weighted by atomic mass is 19.1. The summed E-state index contributed by atoms with van der Waals surface area (Å²) in [5.74, 6) is 0.0628. The first-order valence-electron chi connectivity index (χ1n) is 8.22. The summed E-state index contributed by atoms with van der Waals surface area (Å²) < 4.78 is 15.6. The van der Waals surface area contributed by atoms with Gasteiger partial charge in [0, 0.05) is 12.1 Å². The van der Waals surface area contributed by atoms with Crippen LogP contribution in [-0.2, 0) is 6.54 Å². The summed E-state index contributed by atoms with van der Waals surface area (Å²) in [6, 6.07) is 16.9. The number of primary amides is 1. The van der Waals surface area contributed by atoms with Gasteiger partial charge in [-0.05, 0) is 42.0 Å². The second kappa shape index (κ2) is 6.83. The molecule has 27 heavy (non-hydrogen) atoms. The number of carbonyl (C=O) groups excluding carboxylic acids is 1. The van der Waals surface area contributed by atoms with Gasteiger partial charge in [-0.3, -0.25) is 4.79 Å². The van der Waals surface area contributed by atoms with Crippen LogP contribution in [0.4, 0.5) is 10.2 Å².